The highest BCUT2D eigenvalue weighted by molar-refractivity contribution is 6.17. The minimum absolute atomic E-state index is 0.360. The molecule has 0 fully saturated rings. The molecule has 0 atom stereocenters. The van der Waals surface area contributed by atoms with E-state index in [1.807, 2.05) is 0 Å². The molecular formula is C7H4ClF3N2O4. The Labute approximate surface area is 96.7 Å². The topological polar surface area (TPSA) is 85.5 Å². The molecule has 1 rings (SSSR count). The molecule has 0 radical (unpaired) electrons. The van der Waals surface area contributed by atoms with Crippen molar-refractivity contribution >= 4 is 17.4 Å². The van der Waals surface area contributed by atoms with Crippen LogP contribution in [-0.4, -0.2) is 21.4 Å². The monoisotopic (exact) mass is 272 g/mol. The van der Waals surface area contributed by atoms with Crippen molar-refractivity contribution in [2.24, 2.45) is 0 Å². The van der Waals surface area contributed by atoms with Crippen molar-refractivity contribution in [3.8, 4) is 11.5 Å². The van der Waals surface area contributed by atoms with Gasteiger partial charge in [-0.05, 0) is 9.91 Å². The van der Waals surface area contributed by atoms with Crippen LogP contribution in [-0.2, 0) is 5.88 Å². The number of nitrogens with zero attached hydrogens (tertiary/aromatic N) is 2. The third kappa shape index (κ3) is 3.34. The van der Waals surface area contributed by atoms with Crippen molar-refractivity contribution in [2.45, 2.75) is 12.2 Å². The Hall–Kier alpha value is -1.77. The summed E-state index contributed by atoms with van der Waals surface area (Å²) in [6.07, 6.45) is -5.09. The Kier molecular flexibility index (Phi) is 3.61. The molecule has 1 aromatic rings. The third-order valence-electron chi connectivity index (χ3n) is 1.56. The molecule has 94 valence electrons. The summed E-state index contributed by atoms with van der Waals surface area (Å²) in [6, 6.07) is 0.360. The van der Waals surface area contributed by atoms with E-state index in [4.69, 9.17) is 11.6 Å². The highest BCUT2D eigenvalue weighted by Gasteiger charge is 2.34. The van der Waals surface area contributed by atoms with Crippen molar-refractivity contribution in [2.75, 3.05) is 0 Å². The van der Waals surface area contributed by atoms with Crippen molar-refractivity contribution in [1.82, 2.24) is 4.98 Å². The fourth-order valence-corrected chi connectivity index (χ4v) is 1.13. The van der Waals surface area contributed by atoms with Crippen LogP contribution < -0.4 is 4.74 Å². The normalized spacial score (nSPS) is 11.3. The number of aromatic hydroxyl groups is 1. The lowest BCUT2D eigenvalue weighted by molar-refractivity contribution is -0.389. The van der Waals surface area contributed by atoms with E-state index in [0.717, 1.165) is 0 Å². The van der Waals surface area contributed by atoms with Gasteiger partial charge in [-0.25, -0.2) is 0 Å². The number of pyridine rings is 1. The number of aromatic nitrogens is 1. The molecule has 1 heterocycles. The molecule has 1 N–H and O–H groups in total. The quantitative estimate of drug-likeness (QED) is 0.518. The Morgan fingerprint density at radius 2 is 2.18 bits per heavy atom. The van der Waals surface area contributed by atoms with Gasteiger partial charge in [-0.3, -0.25) is 0 Å². The maximum Gasteiger partial charge on any atom is 0.573 e. The highest BCUT2D eigenvalue weighted by Crippen LogP contribution is 2.36. The van der Waals surface area contributed by atoms with Crippen LogP contribution in [0.2, 0.25) is 0 Å². The SMILES string of the molecule is O=[N+]([O-])c1cc(OC(F)(F)F)c(O)c(CCl)n1. The molecule has 6 nitrogen and oxygen atoms in total. The first-order valence-electron chi connectivity index (χ1n) is 3.93. The number of ether oxygens (including phenoxy) is 1. The standard InChI is InChI=1S/C7H4ClF3N2O4/c8-2-3-6(14)4(17-7(9,10)11)1-5(12-3)13(15)16/h1,14H,2H2. The average Bonchev–Trinajstić information content (AvgIpc) is 2.18. The summed E-state index contributed by atoms with van der Waals surface area (Å²) >= 11 is 5.27. The molecule has 0 aliphatic rings. The van der Waals surface area contributed by atoms with Crippen molar-refractivity contribution < 1.29 is 27.9 Å². The maximum atomic E-state index is 11.9. The number of halogens is 4. The largest absolute Gasteiger partial charge is 0.573 e. The Morgan fingerprint density at radius 1 is 1.59 bits per heavy atom. The molecule has 0 saturated heterocycles. The number of hydrogen-bond donors (Lipinski definition) is 1. The minimum Gasteiger partial charge on any atom is -0.501 e. The lowest BCUT2D eigenvalue weighted by Gasteiger charge is -2.10. The fourth-order valence-electron chi connectivity index (χ4n) is 0.941. The second-order valence-electron chi connectivity index (χ2n) is 2.71. The Morgan fingerprint density at radius 3 is 2.59 bits per heavy atom. The predicted octanol–water partition coefficient (Wildman–Crippen LogP) is 2.33. The first kappa shape index (κ1) is 13.3. The molecule has 0 spiro atoms. The van der Waals surface area contributed by atoms with Crippen molar-refractivity contribution in [1.29, 1.82) is 0 Å². The summed E-state index contributed by atoms with van der Waals surface area (Å²) in [5.41, 5.74) is -0.472. The van der Waals surface area contributed by atoms with Crippen LogP contribution in [0.1, 0.15) is 5.69 Å². The van der Waals surface area contributed by atoms with E-state index in [-0.39, 0.29) is 0 Å². The van der Waals surface area contributed by atoms with E-state index in [0.29, 0.717) is 6.07 Å². The average molecular weight is 273 g/mol. The molecule has 0 aliphatic heterocycles. The van der Waals surface area contributed by atoms with Crippen LogP contribution in [0, 0.1) is 10.1 Å². The lowest BCUT2D eigenvalue weighted by atomic mass is 10.3. The highest BCUT2D eigenvalue weighted by atomic mass is 35.5. The van der Waals surface area contributed by atoms with Crippen LogP contribution in [0.5, 0.6) is 11.5 Å². The van der Waals surface area contributed by atoms with Crippen molar-refractivity contribution in [3.05, 3.63) is 21.9 Å². The molecule has 0 aromatic carbocycles. The van der Waals surface area contributed by atoms with Gasteiger partial charge in [0.2, 0.25) is 11.4 Å². The number of hydrogen-bond acceptors (Lipinski definition) is 5. The smallest absolute Gasteiger partial charge is 0.501 e. The van der Waals surface area contributed by atoms with Gasteiger partial charge in [-0.1, -0.05) is 0 Å². The van der Waals surface area contributed by atoms with E-state index < -0.39 is 40.2 Å². The van der Waals surface area contributed by atoms with Crippen LogP contribution >= 0.6 is 11.6 Å². The first-order valence-corrected chi connectivity index (χ1v) is 4.47. The zero-order valence-corrected chi connectivity index (χ0v) is 8.62. The summed E-state index contributed by atoms with van der Waals surface area (Å²) in [5.74, 6) is -3.50. The summed E-state index contributed by atoms with van der Waals surface area (Å²) < 4.78 is 39.2. The second-order valence-corrected chi connectivity index (χ2v) is 2.98. The summed E-state index contributed by atoms with van der Waals surface area (Å²) in [7, 11) is 0. The van der Waals surface area contributed by atoms with Gasteiger partial charge in [0.25, 0.3) is 0 Å². The summed E-state index contributed by atoms with van der Waals surface area (Å²) in [5, 5.41) is 19.6. The van der Waals surface area contributed by atoms with Gasteiger partial charge >= 0.3 is 12.2 Å². The number of nitro groups is 1. The van der Waals surface area contributed by atoms with E-state index in [1.54, 1.807) is 0 Å². The summed E-state index contributed by atoms with van der Waals surface area (Å²) in [6.45, 7) is 0. The Bertz CT molecular complexity index is 451. The van der Waals surface area contributed by atoms with E-state index >= 15 is 0 Å². The molecule has 10 heteroatoms. The van der Waals surface area contributed by atoms with Crippen LogP contribution in [0.15, 0.2) is 6.07 Å². The molecule has 0 bridgehead atoms. The molecule has 0 amide bonds. The molecule has 0 unspecified atom stereocenters. The van der Waals surface area contributed by atoms with Gasteiger partial charge in [0, 0.05) is 0 Å². The zero-order chi connectivity index (χ0) is 13.2. The van der Waals surface area contributed by atoms with Gasteiger partial charge in [0.15, 0.2) is 5.75 Å². The number of rotatable bonds is 3. The van der Waals surface area contributed by atoms with Gasteiger partial charge < -0.3 is 20.0 Å². The van der Waals surface area contributed by atoms with Crippen LogP contribution in [0.3, 0.4) is 0 Å². The maximum absolute atomic E-state index is 11.9. The predicted molar refractivity (Wildman–Crippen MR) is 48.8 cm³/mol. The van der Waals surface area contributed by atoms with E-state index in [9.17, 15) is 28.4 Å². The molecular weight excluding hydrogens is 269 g/mol. The first-order chi connectivity index (χ1) is 7.74. The molecule has 1 aromatic heterocycles. The van der Waals surface area contributed by atoms with Crippen LogP contribution in [0.4, 0.5) is 19.0 Å². The molecule has 0 aliphatic carbocycles. The van der Waals surface area contributed by atoms with Gasteiger partial charge in [0.1, 0.15) is 0 Å². The third-order valence-corrected chi connectivity index (χ3v) is 1.81. The van der Waals surface area contributed by atoms with Crippen molar-refractivity contribution in [3.63, 3.8) is 0 Å². The Balaban J connectivity index is 3.28. The minimum atomic E-state index is -5.09. The number of alkyl halides is 4. The fraction of sp³-hybridized carbons (Fsp3) is 0.286. The molecule has 0 saturated carbocycles. The van der Waals surface area contributed by atoms with Crippen LogP contribution in [0.25, 0.3) is 0 Å². The molecule has 17 heavy (non-hydrogen) atoms. The van der Waals surface area contributed by atoms with Gasteiger partial charge in [-0.2, -0.15) is 0 Å². The van der Waals surface area contributed by atoms with E-state index in [1.165, 1.54) is 0 Å². The summed E-state index contributed by atoms with van der Waals surface area (Å²) in [4.78, 5) is 12.6. The zero-order valence-electron chi connectivity index (χ0n) is 7.86. The van der Waals surface area contributed by atoms with Gasteiger partial charge in [0.05, 0.1) is 11.9 Å². The second kappa shape index (κ2) is 4.62. The van der Waals surface area contributed by atoms with E-state index in [2.05, 4.69) is 9.72 Å². The lowest BCUT2D eigenvalue weighted by Crippen LogP contribution is -2.17. The van der Waals surface area contributed by atoms with Gasteiger partial charge in [-0.15, -0.1) is 24.8 Å².